The Labute approximate surface area is 190 Å². The van der Waals surface area contributed by atoms with Crippen molar-refractivity contribution in [3.8, 4) is 11.4 Å². The average molecular weight is 506 g/mol. The van der Waals surface area contributed by atoms with Gasteiger partial charge in [0, 0.05) is 19.5 Å². The van der Waals surface area contributed by atoms with Crippen LogP contribution in [0.5, 0.6) is 0 Å². The number of carbonyl (C=O) groups excluding carboxylic acids is 1. The third-order valence-electron chi connectivity index (χ3n) is 4.95. The lowest BCUT2D eigenvalue weighted by atomic mass is 10.2. The summed E-state index contributed by atoms with van der Waals surface area (Å²) in [6, 6.07) is 3.33. The van der Waals surface area contributed by atoms with Crippen LogP contribution in [-0.4, -0.2) is 66.1 Å². The summed E-state index contributed by atoms with van der Waals surface area (Å²) in [4.78, 5) is 21.2. The van der Waals surface area contributed by atoms with Gasteiger partial charge in [0.15, 0.2) is 9.84 Å². The molecular formula is C19H19F5N6O3S. The largest absolute Gasteiger partial charge is 0.455 e. The quantitative estimate of drug-likeness (QED) is 0.514. The molecule has 0 unspecified atom stereocenters. The number of hydrogen-bond acceptors (Lipinski definition) is 6. The van der Waals surface area contributed by atoms with E-state index in [-0.39, 0.29) is 38.8 Å². The third-order valence-corrected chi connectivity index (χ3v) is 6.71. The number of carbonyl (C=O) groups is 1. The highest BCUT2D eigenvalue weighted by molar-refractivity contribution is 7.91. The Morgan fingerprint density at radius 1 is 1.18 bits per heavy atom. The van der Waals surface area contributed by atoms with Crippen LogP contribution in [0.4, 0.5) is 32.6 Å². The zero-order valence-electron chi connectivity index (χ0n) is 18.1. The molecule has 0 spiro atoms. The second-order valence-electron chi connectivity index (χ2n) is 7.17. The molecule has 1 N–H and O–H groups in total. The topological polar surface area (TPSA) is 110 Å². The van der Waals surface area contributed by atoms with E-state index in [0.29, 0.717) is 4.68 Å². The predicted molar refractivity (Wildman–Crippen MR) is 112 cm³/mol. The molecule has 2 amide bonds. The summed E-state index contributed by atoms with van der Waals surface area (Å²) in [7, 11) is -1.00. The van der Waals surface area contributed by atoms with Gasteiger partial charge in [-0.3, -0.25) is 14.6 Å². The Bertz CT molecular complexity index is 1340. The molecule has 3 rings (SSSR count). The molecule has 0 fully saturated rings. The zero-order valence-corrected chi connectivity index (χ0v) is 18.9. The van der Waals surface area contributed by atoms with Crippen LogP contribution in [0.3, 0.4) is 0 Å². The normalized spacial score (nSPS) is 12.7. The number of nitrogens with one attached hydrogen (secondary N) is 1. The third kappa shape index (κ3) is 4.64. The molecule has 0 aliphatic rings. The number of anilines is 1. The highest BCUT2D eigenvalue weighted by atomic mass is 32.2. The summed E-state index contributed by atoms with van der Waals surface area (Å²) in [5.41, 5.74) is -0.245. The number of halogens is 5. The lowest BCUT2D eigenvalue weighted by molar-refractivity contribution is -0.287. The van der Waals surface area contributed by atoms with E-state index in [9.17, 15) is 35.2 Å². The molecule has 0 saturated carbocycles. The number of sulfone groups is 1. The second-order valence-corrected chi connectivity index (χ2v) is 9.41. The first-order valence-electron chi connectivity index (χ1n) is 9.67. The fraction of sp³-hybridized carbons (Fsp3) is 0.368. The van der Waals surface area contributed by atoms with E-state index in [4.69, 9.17) is 0 Å². The van der Waals surface area contributed by atoms with E-state index >= 15 is 0 Å². The summed E-state index contributed by atoms with van der Waals surface area (Å²) < 4.78 is 90.4. The number of rotatable bonds is 6. The van der Waals surface area contributed by atoms with Crippen molar-refractivity contribution < 1.29 is 35.2 Å². The maximum absolute atomic E-state index is 13.5. The Morgan fingerprint density at radius 3 is 2.44 bits per heavy atom. The minimum absolute atomic E-state index is 0.00573. The minimum Gasteiger partial charge on any atom is -0.341 e. The molecule has 3 aromatic heterocycles. The van der Waals surface area contributed by atoms with Crippen LogP contribution in [0.15, 0.2) is 35.5 Å². The zero-order chi connectivity index (χ0) is 25.5. The summed E-state index contributed by atoms with van der Waals surface area (Å²) in [6.45, 7) is -0.327. The van der Waals surface area contributed by atoms with Crippen LogP contribution in [-0.2, 0) is 16.4 Å². The van der Waals surface area contributed by atoms with Gasteiger partial charge in [-0.05, 0) is 18.2 Å². The lowest BCUT2D eigenvalue weighted by Gasteiger charge is -2.19. The Kier molecular flexibility index (Phi) is 6.52. The van der Waals surface area contributed by atoms with E-state index in [1.54, 1.807) is 0 Å². The molecule has 0 bridgehead atoms. The number of hydrogen-bond donors (Lipinski definition) is 1. The van der Waals surface area contributed by atoms with Crippen LogP contribution in [0.25, 0.3) is 22.3 Å². The van der Waals surface area contributed by atoms with E-state index in [2.05, 4.69) is 20.4 Å². The molecular weight excluding hydrogens is 487 g/mol. The first-order valence-corrected chi connectivity index (χ1v) is 11.3. The molecule has 3 aromatic rings. The summed E-state index contributed by atoms with van der Waals surface area (Å²) in [5.74, 6) is -5.20. The molecule has 34 heavy (non-hydrogen) atoms. The molecule has 184 valence electrons. The SMILES string of the molecule is CCS(=O)(=O)c1ccc(N(C)C(=O)NC)nc1-c1cc2cnn(CC(F)(F)C(F)(F)F)c2cn1. The van der Waals surface area contributed by atoms with Crippen LogP contribution >= 0.6 is 0 Å². The Balaban J connectivity index is 2.13. The number of nitrogens with zero attached hydrogens (tertiary/aromatic N) is 5. The van der Waals surface area contributed by atoms with Crippen molar-refractivity contribution in [2.75, 3.05) is 24.7 Å². The van der Waals surface area contributed by atoms with Gasteiger partial charge in [-0.25, -0.2) is 18.2 Å². The Morgan fingerprint density at radius 2 is 1.85 bits per heavy atom. The van der Waals surface area contributed by atoms with Crippen molar-refractivity contribution in [2.45, 2.75) is 30.5 Å². The maximum atomic E-state index is 13.5. The van der Waals surface area contributed by atoms with Gasteiger partial charge in [-0.2, -0.15) is 27.1 Å². The number of alkyl halides is 5. The monoisotopic (exact) mass is 506 g/mol. The fourth-order valence-electron chi connectivity index (χ4n) is 2.99. The molecule has 15 heteroatoms. The molecule has 0 aromatic carbocycles. The van der Waals surface area contributed by atoms with E-state index in [1.165, 1.54) is 39.2 Å². The molecule has 0 aliphatic heterocycles. The smallest absolute Gasteiger partial charge is 0.341 e. The molecule has 0 atom stereocenters. The highest BCUT2D eigenvalue weighted by Gasteiger charge is 2.57. The van der Waals surface area contributed by atoms with Crippen molar-refractivity contribution >= 4 is 32.6 Å². The first-order chi connectivity index (χ1) is 15.7. The van der Waals surface area contributed by atoms with Gasteiger partial charge in [0.05, 0.1) is 34.3 Å². The summed E-state index contributed by atoms with van der Waals surface area (Å²) in [6.07, 6.45) is -3.70. The maximum Gasteiger partial charge on any atom is 0.455 e. The van der Waals surface area contributed by atoms with Crippen molar-refractivity contribution in [1.29, 1.82) is 0 Å². The number of aromatic nitrogens is 4. The van der Waals surface area contributed by atoms with Crippen molar-refractivity contribution in [1.82, 2.24) is 25.1 Å². The standard InChI is InChI=1S/C19H19F5N6O3S/c1-4-34(32,33)14-5-6-15(29(3)17(31)25-2)28-16(14)12-7-11-8-27-30(13(11)9-26-12)10-18(20,21)19(22,23)24/h5-9H,4,10H2,1-3H3,(H,25,31). The van der Waals surface area contributed by atoms with Gasteiger partial charge in [0.25, 0.3) is 0 Å². The summed E-state index contributed by atoms with van der Waals surface area (Å²) >= 11 is 0. The number of pyridine rings is 2. The van der Waals surface area contributed by atoms with E-state index in [1.807, 2.05) is 0 Å². The fourth-order valence-corrected chi connectivity index (χ4v) is 4.03. The van der Waals surface area contributed by atoms with Crippen LogP contribution in [0.2, 0.25) is 0 Å². The average Bonchev–Trinajstić information content (AvgIpc) is 3.18. The number of fused-ring (bicyclic) bond motifs is 1. The van der Waals surface area contributed by atoms with Crippen LogP contribution in [0, 0.1) is 0 Å². The molecule has 0 saturated heterocycles. The predicted octanol–water partition coefficient (Wildman–Crippen LogP) is 3.26. The van der Waals surface area contributed by atoms with Gasteiger partial charge in [-0.1, -0.05) is 6.92 Å². The van der Waals surface area contributed by atoms with Gasteiger partial charge in [0.1, 0.15) is 18.1 Å². The van der Waals surface area contributed by atoms with Crippen LogP contribution < -0.4 is 10.2 Å². The van der Waals surface area contributed by atoms with Gasteiger partial charge < -0.3 is 5.32 Å². The lowest BCUT2D eigenvalue weighted by Crippen LogP contribution is -2.40. The number of urea groups is 1. The minimum atomic E-state index is -5.76. The second kappa shape index (κ2) is 8.77. The number of amides is 2. The van der Waals surface area contributed by atoms with Crippen molar-refractivity contribution in [3.05, 3.63) is 30.6 Å². The van der Waals surface area contributed by atoms with E-state index < -0.39 is 34.5 Å². The van der Waals surface area contributed by atoms with Crippen LogP contribution in [0.1, 0.15) is 6.92 Å². The summed E-state index contributed by atoms with van der Waals surface area (Å²) in [5, 5.41) is 6.12. The van der Waals surface area contributed by atoms with Crippen molar-refractivity contribution in [3.63, 3.8) is 0 Å². The molecule has 0 aliphatic carbocycles. The first kappa shape index (κ1) is 25.3. The van der Waals surface area contributed by atoms with Crippen molar-refractivity contribution in [2.24, 2.45) is 0 Å². The van der Waals surface area contributed by atoms with Gasteiger partial charge >= 0.3 is 18.1 Å². The van der Waals surface area contributed by atoms with Gasteiger partial charge in [0.2, 0.25) is 0 Å². The molecule has 3 heterocycles. The Hall–Kier alpha value is -3.36. The van der Waals surface area contributed by atoms with E-state index in [0.717, 1.165) is 17.3 Å². The van der Waals surface area contributed by atoms with Gasteiger partial charge in [-0.15, -0.1) is 0 Å². The highest BCUT2D eigenvalue weighted by Crippen LogP contribution is 2.37. The molecule has 9 nitrogen and oxygen atoms in total. The molecule has 0 radical (unpaired) electrons.